The van der Waals surface area contributed by atoms with E-state index in [1.807, 2.05) is 0 Å². The Hall–Kier alpha value is -1.42. The van der Waals surface area contributed by atoms with Crippen LogP contribution in [0.3, 0.4) is 0 Å². The number of hydrogen-bond acceptors (Lipinski definition) is 7. The first kappa shape index (κ1) is 19.9. The second kappa shape index (κ2) is 7.45. The molecule has 4 N–H and O–H groups in total. The fourth-order valence-electron chi connectivity index (χ4n) is 2.99. The molecule has 0 aromatic heterocycles. The van der Waals surface area contributed by atoms with Crippen LogP contribution in [-0.2, 0) is 14.3 Å². The Labute approximate surface area is 146 Å². The third-order valence-electron chi connectivity index (χ3n) is 4.32. The van der Waals surface area contributed by atoms with Gasteiger partial charge >= 0.3 is 6.09 Å². The van der Waals surface area contributed by atoms with Crippen LogP contribution in [0.4, 0.5) is 4.79 Å². The van der Waals surface area contributed by atoms with E-state index >= 15 is 0 Å². The van der Waals surface area contributed by atoms with E-state index in [1.165, 1.54) is 11.8 Å². The number of aliphatic hydroxyl groups excluding tert-OH is 3. The highest BCUT2D eigenvalue weighted by atomic mass is 16.6. The molecule has 0 spiro atoms. The molecule has 2 heterocycles. The highest BCUT2D eigenvalue weighted by molar-refractivity contribution is 5.86. The summed E-state index contributed by atoms with van der Waals surface area (Å²) in [7, 11) is 0. The zero-order valence-electron chi connectivity index (χ0n) is 15.0. The van der Waals surface area contributed by atoms with Crippen LogP contribution in [0.25, 0.3) is 0 Å². The van der Waals surface area contributed by atoms with Gasteiger partial charge in [-0.05, 0) is 40.5 Å². The van der Waals surface area contributed by atoms with Crippen molar-refractivity contribution in [2.45, 2.75) is 82.8 Å². The maximum Gasteiger partial charge on any atom is 0.410 e. The third kappa shape index (κ3) is 4.60. The van der Waals surface area contributed by atoms with Gasteiger partial charge in [0.1, 0.15) is 30.0 Å². The Morgan fingerprint density at radius 1 is 1.16 bits per heavy atom. The van der Waals surface area contributed by atoms with E-state index in [0.717, 1.165) is 0 Å². The van der Waals surface area contributed by atoms with Crippen LogP contribution < -0.4 is 5.32 Å². The van der Waals surface area contributed by atoms with Gasteiger partial charge in [-0.2, -0.15) is 0 Å². The summed E-state index contributed by atoms with van der Waals surface area (Å²) in [6.45, 7) is 7.17. The molecule has 0 aliphatic carbocycles. The number of amides is 2. The molecule has 2 aliphatic heterocycles. The summed E-state index contributed by atoms with van der Waals surface area (Å²) < 4.78 is 10.7. The summed E-state index contributed by atoms with van der Waals surface area (Å²) in [5.74, 6) is -0.497. The van der Waals surface area contributed by atoms with Gasteiger partial charge in [0.15, 0.2) is 6.23 Å². The molecule has 0 saturated carbocycles. The molecule has 144 valence electrons. The first-order valence-electron chi connectivity index (χ1n) is 8.51. The molecular weight excluding hydrogens is 332 g/mol. The molecule has 2 saturated heterocycles. The maximum atomic E-state index is 12.5. The van der Waals surface area contributed by atoms with Gasteiger partial charge in [-0.15, -0.1) is 0 Å². The molecule has 0 aromatic rings. The maximum absolute atomic E-state index is 12.5. The number of rotatable bonds is 2. The SMILES string of the molecule is C[C@@H]1O[C@H](NC(=O)[C@@H]2CCCN2C(=O)OC(C)(C)C)[C@@H](O)[C@H](O)[C@@H]1O. The summed E-state index contributed by atoms with van der Waals surface area (Å²) in [4.78, 5) is 26.1. The van der Waals surface area contributed by atoms with Crippen LogP contribution in [-0.4, -0.2) is 81.1 Å². The lowest BCUT2D eigenvalue weighted by atomic mass is 9.99. The van der Waals surface area contributed by atoms with E-state index in [4.69, 9.17) is 9.47 Å². The quantitative estimate of drug-likeness (QED) is 0.514. The molecule has 9 nitrogen and oxygen atoms in total. The summed E-state index contributed by atoms with van der Waals surface area (Å²) in [6, 6.07) is -0.732. The summed E-state index contributed by atoms with van der Waals surface area (Å²) in [5, 5.41) is 32.0. The van der Waals surface area contributed by atoms with Gasteiger partial charge in [-0.3, -0.25) is 9.69 Å². The molecule has 2 fully saturated rings. The van der Waals surface area contributed by atoms with Crippen molar-refractivity contribution in [3.05, 3.63) is 0 Å². The second-order valence-electron chi connectivity index (χ2n) is 7.57. The molecule has 2 aliphatic rings. The van der Waals surface area contributed by atoms with Crippen LogP contribution in [0.2, 0.25) is 0 Å². The second-order valence-corrected chi connectivity index (χ2v) is 7.57. The van der Waals surface area contributed by atoms with Crippen molar-refractivity contribution in [2.24, 2.45) is 0 Å². The van der Waals surface area contributed by atoms with E-state index in [0.29, 0.717) is 19.4 Å². The summed E-state index contributed by atoms with van der Waals surface area (Å²) in [6.07, 6.45) is -5.51. The largest absolute Gasteiger partial charge is 0.444 e. The lowest BCUT2D eigenvalue weighted by Gasteiger charge is -2.40. The Morgan fingerprint density at radius 2 is 1.80 bits per heavy atom. The topological polar surface area (TPSA) is 129 Å². The standard InChI is InChI=1S/C16H28N2O7/c1-8-10(19)11(20)12(21)14(24-8)17-13(22)9-6-5-7-18(9)15(23)25-16(2,3)4/h8-12,14,19-21H,5-7H2,1-4H3,(H,17,22)/t8-,9-,10+,11+,12-,14-/m0/s1. The van der Waals surface area contributed by atoms with Crippen molar-refractivity contribution in [3.63, 3.8) is 0 Å². The molecule has 0 radical (unpaired) electrons. The summed E-state index contributed by atoms with van der Waals surface area (Å²) in [5.41, 5.74) is -0.668. The van der Waals surface area contributed by atoms with E-state index in [2.05, 4.69) is 5.32 Å². The van der Waals surface area contributed by atoms with E-state index in [9.17, 15) is 24.9 Å². The van der Waals surface area contributed by atoms with E-state index in [-0.39, 0.29) is 0 Å². The Balaban J connectivity index is 2.01. The summed E-state index contributed by atoms with van der Waals surface area (Å²) >= 11 is 0. The average Bonchev–Trinajstić information content (AvgIpc) is 2.98. The fraction of sp³-hybridized carbons (Fsp3) is 0.875. The van der Waals surface area contributed by atoms with Crippen molar-refractivity contribution in [2.75, 3.05) is 6.54 Å². The minimum atomic E-state index is -1.47. The minimum absolute atomic E-state index is 0.402. The Bertz CT molecular complexity index is 507. The zero-order valence-corrected chi connectivity index (χ0v) is 15.0. The number of carbonyl (C=O) groups is 2. The number of nitrogens with one attached hydrogen (secondary N) is 1. The molecular formula is C16H28N2O7. The molecule has 0 unspecified atom stereocenters. The molecule has 9 heteroatoms. The predicted molar refractivity (Wildman–Crippen MR) is 86.5 cm³/mol. The monoisotopic (exact) mass is 360 g/mol. The van der Waals surface area contributed by atoms with Gasteiger partial charge in [0.2, 0.25) is 5.91 Å². The first-order chi connectivity index (χ1) is 11.5. The number of likely N-dealkylation sites (tertiary alicyclic amines) is 1. The number of aliphatic hydroxyl groups is 3. The van der Waals surface area contributed by atoms with Gasteiger partial charge < -0.3 is 30.1 Å². The zero-order chi connectivity index (χ0) is 18.9. The average molecular weight is 360 g/mol. The van der Waals surface area contributed by atoms with Gasteiger partial charge in [-0.25, -0.2) is 4.79 Å². The highest BCUT2D eigenvalue weighted by Gasteiger charge is 2.44. The number of ether oxygens (including phenoxy) is 2. The lowest BCUT2D eigenvalue weighted by Crippen LogP contribution is -2.63. The predicted octanol–water partition coefficient (Wildman–Crippen LogP) is -0.670. The molecule has 6 atom stereocenters. The third-order valence-corrected chi connectivity index (χ3v) is 4.32. The van der Waals surface area contributed by atoms with Crippen molar-refractivity contribution < 1.29 is 34.4 Å². The molecule has 2 rings (SSSR count). The van der Waals surface area contributed by atoms with Crippen LogP contribution in [0.1, 0.15) is 40.5 Å². The van der Waals surface area contributed by atoms with Crippen molar-refractivity contribution in [1.29, 1.82) is 0 Å². The fourth-order valence-corrected chi connectivity index (χ4v) is 2.99. The first-order valence-corrected chi connectivity index (χ1v) is 8.51. The molecule has 2 amide bonds. The lowest BCUT2D eigenvalue weighted by molar-refractivity contribution is -0.224. The van der Waals surface area contributed by atoms with Gasteiger partial charge in [0.05, 0.1) is 6.10 Å². The van der Waals surface area contributed by atoms with Gasteiger partial charge in [0.25, 0.3) is 0 Å². The smallest absolute Gasteiger partial charge is 0.410 e. The van der Waals surface area contributed by atoms with Crippen LogP contribution in [0, 0.1) is 0 Å². The number of hydrogen-bond donors (Lipinski definition) is 4. The number of carbonyl (C=O) groups excluding carboxylic acids is 2. The normalized spacial score (nSPS) is 36.2. The minimum Gasteiger partial charge on any atom is -0.444 e. The number of nitrogens with zero attached hydrogens (tertiary/aromatic N) is 1. The van der Waals surface area contributed by atoms with Crippen molar-refractivity contribution >= 4 is 12.0 Å². The van der Waals surface area contributed by atoms with Crippen LogP contribution in [0.5, 0.6) is 0 Å². The van der Waals surface area contributed by atoms with Gasteiger partial charge in [0, 0.05) is 6.54 Å². The Morgan fingerprint density at radius 3 is 2.40 bits per heavy atom. The van der Waals surface area contributed by atoms with E-state index in [1.54, 1.807) is 20.8 Å². The molecule has 0 aromatic carbocycles. The Kier molecular flexibility index (Phi) is 5.93. The molecule has 0 bridgehead atoms. The van der Waals surface area contributed by atoms with E-state index < -0.39 is 54.3 Å². The van der Waals surface area contributed by atoms with Crippen molar-refractivity contribution in [1.82, 2.24) is 10.2 Å². The van der Waals surface area contributed by atoms with Gasteiger partial charge in [-0.1, -0.05) is 0 Å². The molecule has 25 heavy (non-hydrogen) atoms. The van der Waals surface area contributed by atoms with Crippen molar-refractivity contribution in [3.8, 4) is 0 Å². The van der Waals surface area contributed by atoms with Crippen LogP contribution in [0.15, 0.2) is 0 Å². The van der Waals surface area contributed by atoms with Crippen LogP contribution >= 0.6 is 0 Å². The highest BCUT2D eigenvalue weighted by Crippen LogP contribution is 2.23.